The van der Waals surface area contributed by atoms with Crippen molar-refractivity contribution >= 4 is 6.03 Å². The minimum absolute atomic E-state index is 0.0772. The van der Waals surface area contributed by atoms with Crippen molar-refractivity contribution in [1.29, 1.82) is 0 Å². The van der Waals surface area contributed by atoms with Gasteiger partial charge in [-0.15, -0.1) is 0 Å². The number of carbonyl (C=O) groups is 1. The molecule has 1 fully saturated rings. The molecule has 1 aromatic carbocycles. The molecule has 0 aliphatic carbocycles. The zero-order valence-electron chi connectivity index (χ0n) is 12.0. The van der Waals surface area contributed by atoms with Crippen LogP contribution in [0.15, 0.2) is 18.2 Å². The molecule has 1 saturated heterocycles. The lowest BCUT2D eigenvalue weighted by Crippen LogP contribution is -2.43. The molecule has 3 N–H and O–H groups in total. The van der Waals surface area contributed by atoms with Gasteiger partial charge in [0.05, 0.1) is 18.8 Å². The first kappa shape index (κ1) is 14.8. The third kappa shape index (κ3) is 4.21. The second-order valence-corrected chi connectivity index (χ2v) is 5.35. The number of benzene rings is 1. The first-order valence-corrected chi connectivity index (χ1v) is 6.93. The quantitative estimate of drug-likeness (QED) is 0.780. The molecule has 0 spiro atoms. The molecule has 1 aliphatic heterocycles. The van der Waals surface area contributed by atoms with Gasteiger partial charge in [0, 0.05) is 13.2 Å². The third-order valence-electron chi connectivity index (χ3n) is 3.35. The van der Waals surface area contributed by atoms with Gasteiger partial charge in [-0.1, -0.05) is 29.3 Å². The number of aliphatic hydroxyl groups excluding tert-OH is 1. The Morgan fingerprint density at radius 2 is 2.10 bits per heavy atom. The van der Waals surface area contributed by atoms with Crippen molar-refractivity contribution in [3.05, 3.63) is 34.9 Å². The monoisotopic (exact) mass is 278 g/mol. The summed E-state index contributed by atoms with van der Waals surface area (Å²) in [7, 11) is 0. The Morgan fingerprint density at radius 1 is 1.40 bits per heavy atom. The molecular weight excluding hydrogens is 256 g/mol. The Morgan fingerprint density at radius 3 is 2.70 bits per heavy atom. The highest BCUT2D eigenvalue weighted by molar-refractivity contribution is 5.74. The van der Waals surface area contributed by atoms with E-state index < -0.39 is 6.10 Å². The Balaban J connectivity index is 1.81. The molecule has 2 rings (SSSR count). The van der Waals surface area contributed by atoms with Crippen LogP contribution in [-0.2, 0) is 4.74 Å². The number of urea groups is 1. The highest BCUT2D eigenvalue weighted by Crippen LogP contribution is 2.16. The minimum Gasteiger partial charge on any atom is -0.387 e. The molecule has 1 heterocycles. The number of hydrogen-bond donors (Lipinski definition) is 3. The van der Waals surface area contributed by atoms with Crippen molar-refractivity contribution in [3.8, 4) is 0 Å². The van der Waals surface area contributed by atoms with Crippen LogP contribution in [0.4, 0.5) is 4.79 Å². The number of ether oxygens (including phenoxy) is 1. The van der Waals surface area contributed by atoms with Crippen molar-refractivity contribution in [2.75, 3.05) is 19.8 Å². The van der Waals surface area contributed by atoms with E-state index in [-0.39, 0.29) is 18.6 Å². The lowest BCUT2D eigenvalue weighted by molar-refractivity contribution is 0.170. The second-order valence-electron chi connectivity index (χ2n) is 5.35. The van der Waals surface area contributed by atoms with E-state index in [4.69, 9.17) is 4.74 Å². The van der Waals surface area contributed by atoms with Crippen LogP contribution in [0.3, 0.4) is 0 Å². The lowest BCUT2D eigenvalue weighted by atomic mass is 10.0. The molecular formula is C15H22N2O3. The number of carbonyl (C=O) groups excluding carboxylic acids is 1. The van der Waals surface area contributed by atoms with Crippen molar-refractivity contribution in [3.63, 3.8) is 0 Å². The first-order valence-electron chi connectivity index (χ1n) is 6.93. The number of nitrogens with one attached hydrogen (secondary N) is 2. The molecule has 0 bridgehead atoms. The van der Waals surface area contributed by atoms with Gasteiger partial charge in [-0.05, 0) is 25.8 Å². The fourth-order valence-corrected chi connectivity index (χ4v) is 2.39. The lowest BCUT2D eigenvalue weighted by Gasteiger charge is -2.16. The molecule has 0 saturated carbocycles. The summed E-state index contributed by atoms with van der Waals surface area (Å²) in [5, 5.41) is 15.6. The fraction of sp³-hybridized carbons (Fsp3) is 0.533. The minimum atomic E-state index is -0.695. The van der Waals surface area contributed by atoms with E-state index in [0.29, 0.717) is 13.2 Å². The van der Waals surface area contributed by atoms with Crippen LogP contribution in [-0.4, -0.2) is 36.9 Å². The molecule has 2 atom stereocenters. The van der Waals surface area contributed by atoms with Crippen LogP contribution < -0.4 is 10.6 Å². The van der Waals surface area contributed by atoms with Gasteiger partial charge in [0.15, 0.2) is 0 Å². The van der Waals surface area contributed by atoms with E-state index in [1.807, 2.05) is 26.0 Å². The molecule has 2 unspecified atom stereocenters. The van der Waals surface area contributed by atoms with Crippen molar-refractivity contribution in [2.45, 2.75) is 32.4 Å². The smallest absolute Gasteiger partial charge is 0.315 e. The zero-order chi connectivity index (χ0) is 14.5. The molecule has 5 heteroatoms. The van der Waals surface area contributed by atoms with E-state index in [1.165, 1.54) is 0 Å². The fourth-order valence-electron chi connectivity index (χ4n) is 2.39. The normalized spacial score (nSPS) is 19.6. The average Bonchev–Trinajstić information content (AvgIpc) is 2.87. The maximum Gasteiger partial charge on any atom is 0.315 e. The highest BCUT2D eigenvalue weighted by Gasteiger charge is 2.18. The first-order chi connectivity index (χ1) is 9.54. The van der Waals surface area contributed by atoms with E-state index in [1.54, 1.807) is 0 Å². The molecule has 1 aliphatic rings. The molecule has 0 aromatic heterocycles. The highest BCUT2D eigenvalue weighted by atomic mass is 16.5. The van der Waals surface area contributed by atoms with Gasteiger partial charge in [-0.2, -0.15) is 0 Å². The average molecular weight is 278 g/mol. The van der Waals surface area contributed by atoms with Gasteiger partial charge in [0.2, 0.25) is 0 Å². The van der Waals surface area contributed by atoms with E-state index in [2.05, 4.69) is 16.7 Å². The Kier molecular flexibility index (Phi) is 4.98. The summed E-state index contributed by atoms with van der Waals surface area (Å²) in [4.78, 5) is 11.7. The molecule has 1 aromatic rings. The molecule has 2 amide bonds. The van der Waals surface area contributed by atoms with Gasteiger partial charge < -0.3 is 20.5 Å². The van der Waals surface area contributed by atoms with Gasteiger partial charge in [0.25, 0.3) is 0 Å². The molecule has 0 radical (unpaired) electrons. The third-order valence-corrected chi connectivity index (χ3v) is 3.35. The topological polar surface area (TPSA) is 70.6 Å². The van der Waals surface area contributed by atoms with Crippen LogP contribution in [0.2, 0.25) is 0 Å². The zero-order valence-corrected chi connectivity index (χ0v) is 12.0. The number of rotatable bonds is 4. The Labute approximate surface area is 119 Å². The van der Waals surface area contributed by atoms with Crippen LogP contribution in [0, 0.1) is 13.8 Å². The van der Waals surface area contributed by atoms with Crippen LogP contribution >= 0.6 is 0 Å². The number of hydrogen-bond acceptors (Lipinski definition) is 3. The summed E-state index contributed by atoms with van der Waals surface area (Å²) in [6, 6.07) is 5.73. The standard InChI is InChI=1S/C15H22N2O3/c1-10-5-11(2)7-12(6-10)14(18)8-16-15(19)17-13-3-4-20-9-13/h5-7,13-14,18H,3-4,8-9H2,1-2H3,(H2,16,17,19). The number of aryl methyl sites for hydroxylation is 2. The van der Waals surface area contributed by atoms with Crippen molar-refractivity contribution in [1.82, 2.24) is 10.6 Å². The van der Waals surface area contributed by atoms with Gasteiger partial charge >= 0.3 is 6.03 Å². The largest absolute Gasteiger partial charge is 0.387 e. The summed E-state index contributed by atoms with van der Waals surface area (Å²) in [5.74, 6) is 0. The van der Waals surface area contributed by atoms with Crippen molar-refractivity contribution < 1.29 is 14.6 Å². The molecule has 5 nitrogen and oxygen atoms in total. The van der Waals surface area contributed by atoms with E-state index in [9.17, 15) is 9.90 Å². The summed E-state index contributed by atoms with van der Waals surface area (Å²) in [5.41, 5.74) is 3.03. The summed E-state index contributed by atoms with van der Waals surface area (Å²) in [6.07, 6.45) is 0.145. The van der Waals surface area contributed by atoms with E-state index in [0.717, 1.165) is 23.1 Å². The van der Waals surface area contributed by atoms with E-state index >= 15 is 0 Å². The summed E-state index contributed by atoms with van der Waals surface area (Å²) < 4.78 is 5.19. The number of amides is 2. The maximum atomic E-state index is 11.7. The second kappa shape index (κ2) is 6.72. The molecule has 20 heavy (non-hydrogen) atoms. The summed E-state index contributed by atoms with van der Waals surface area (Å²) in [6.45, 7) is 5.43. The summed E-state index contributed by atoms with van der Waals surface area (Å²) >= 11 is 0. The number of aliphatic hydroxyl groups is 1. The predicted octanol–water partition coefficient (Wildman–Crippen LogP) is 1.42. The Hall–Kier alpha value is -1.59. The van der Waals surface area contributed by atoms with Crippen LogP contribution in [0.1, 0.15) is 29.2 Å². The SMILES string of the molecule is Cc1cc(C)cc(C(O)CNC(=O)NC2CCOC2)c1. The van der Waals surface area contributed by atoms with Gasteiger partial charge in [0.1, 0.15) is 0 Å². The van der Waals surface area contributed by atoms with Crippen LogP contribution in [0.5, 0.6) is 0 Å². The Bertz CT molecular complexity index is 450. The molecule has 110 valence electrons. The van der Waals surface area contributed by atoms with Gasteiger partial charge in [-0.25, -0.2) is 4.79 Å². The van der Waals surface area contributed by atoms with Crippen molar-refractivity contribution in [2.24, 2.45) is 0 Å². The van der Waals surface area contributed by atoms with Gasteiger partial charge in [-0.3, -0.25) is 0 Å². The maximum absolute atomic E-state index is 11.7. The van der Waals surface area contributed by atoms with Crippen LogP contribution in [0.25, 0.3) is 0 Å². The predicted molar refractivity (Wildman–Crippen MR) is 76.6 cm³/mol.